The highest BCUT2D eigenvalue weighted by Crippen LogP contribution is 2.06. The zero-order valence-electron chi connectivity index (χ0n) is 8.21. The van der Waals surface area contributed by atoms with E-state index in [-0.39, 0.29) is 11.8 Å². The lowest BCUT2D eigenvalue weighted by Crippen LogP contribution is -2.19. The van der Waals surface area contributed by atoms with E-state index in [2.05, 4.69) is 4.99 Å². The van der Waals surface area contributed by atoms with Gasteiger partial charge in [0.05, 0.1) is 5.69 Å². The van der Waals surface area contributed by atoms with E-state index in [1.165, 1.54) is 18.2 Å². The Kier molecular flexibility index (Phi) is 4.37. The summed E-state index contributed by atoms with van der Waals surface area (Å²) < 4.78 is 0. The molecule has 0 aromatic heterocycles. The number of para-hydroxylation sites is 1. The van der Waals surface area contributed by atoms with Crippen molar-refractivity contribution in [3.63, 3.8) is 0 Å². The van der Waals surface area contributed by atoms with Crippen LogP contribution < -0.4 is 5.32 Å². The number of aliphatic imine (C=N–C) groups is 1. The highest BCUT2D eigenvalue weighted by Gasteiger charge is 2.06. The third kappa shape index (κ3) is 4.13. The number of imide groups is 1. The molecule has 1 N–H and O–H groups in total. The van der Waals surface area contributed by atoms with Crippen molar-refractivity contribution in [2.75, 3.05) is 0 Å². The fourth-order valence-electron chi connectivity index (χ4n) is 0.911. The highest BCUT2D eigenvalue weighted by atomic mass is 16.2. The minimum Gasteiger partial charge on any atom is -0.289 e. The molecular formula is C11H8N2O3. The molecule has 0 bridgehead atoms. The third-order valence-electron chi connectivity index (χ3n) is 1.56. The molecule has 5 heteroatoms. The number of hydrogen-bond donors (Lipinski definition) is 1. The summed E-state index contributed by atoms with van der Waals surface area (Å²) in [6.45, 7) is 0. The third-order valence-corrected chi connectivity index (χ3v) is 1.56. The van der Waals surface area contributed by atoms with Crippen LogP contribution in [0.5, 0.6) is 0 Å². The molecule has 0 atom stereocenters. The van der Waals surface area contributed by atoms with Gasteiger partial charge in [0.2, 0.25) is 6.08 Å². The molecule has 2 amide bonds. The number of benzene rings is 1. The van der Waals surface area contributed by atoms with Crippen molar-refractivity contribution in [2.45, 2.75) is 0 Å². The van der Waals surface area contributed by atoms with E-state index < -0.39 is 0 Å². The second-order valence-corrected chi connectivity index (χ2v) is 2.73. The maximum atomic E-state index is 10.0. The number of isocyanates is 1. The van der Waals surface area contributed by atoms with Crippen molar-refractivity contribution in [3.8, 4) is 0 Å². The van der Waals surface area contributed by atoms with Crippen molar-refractivity contribution in [2.24, 2.45) is 4.99 Å². The first-order chi connectivity index (χ1) is 7.72. The van der Waals surface area contributed by atoms with E-state index in [1.807, 2.05) is 23.5 Å². The predicted octanol–water partition coefficient (Wildman–Crippen LogP) is 0.853. The zero-order chi connectivity index (χ0) is 11.8. The molecule has 0 unspecified atom stereocenters. The van der Waals surface area contributed by atoms with E-state index in [9.17, 15) is 14.4 Å². The lowest BCUT2D eigenvalue weighted by atomic mass is 10.3. The van der Waals surface area contributed by atoms with E-state index in [1.54, 1.807) is 12.1 Å². The van der Waals surface area contributed by atoms with Gasteiger partial charge in [0, 0.05) is 12.2 Å². The topological polar surface area (TPSA) is 75.6 Å². The van der Waals surface area contributed by atoms with Gasteiger partial charge >= 0.3 is 0 Å². The molecule has 1 heterocycles. The SMILES string of the molecule is O=C1C=CC(=O)N1.O=C=Nc1ccccc1. The summed E-state index contributed by atoms with van der Waals surface area (Å²) in [4.78, 5) is 33.2. The van der Waals surface area contributed by atoms with Crippen LogP contribution in [0.15, 0.2) is 47.5 Å². The molecule has 1 aliphatic rings. The maximum absolute atomic E-state index is 10.0. The normalized spacial score (nSPS) is 12.2. The molecule has 1 aromatic rings. The number of rotatable bonds is 1. The van der Waals surface area contributed by atoms with E-state index >= 15 is 0 Å². The monoisotopic (exact) mass is 216 g/mol. The summed E-state index contributed by atoms with van der Waals surface area (Å²) in [7, 11) is 0. The molecule has 2 rings (SSSR count). The highest BCUT2D eigenvalue weighted by molar-refractivity contribution is 6.12. The smallest absolute Gasteiger partial charge is 0.250 e. The molecule has 5 nitrogen and oxygen atoms in total. The van der Waals surface area contributed by atoms with E-state index in [0.29, 0.717) is 5.69 Å². The lowest BCUT2D eigenvalue weighted by molar-refractivity contribution is -0.123. The van der Waals surface area contributed by atoms with Crippen LogP contribution in [0.25, 0.3) is 0 Å². The van der Waals surface area contributed by atoms with Gasteiger partial charge in [-0.05, 0) is 12.1 Å². The maximum Gasteiger partial charge on any atom is 0.250 e. The number of amides is 2. The van der Waals surface area contributed by atoms with Gasteiger partial charge in [-0.2, -0.15) is 4.99 Å². The van der Waals surface area contributed by atoms with Crippen LogP contribution in [-0.2, 0) is 14.4 Å². The van der Waals surface area contributed by atoms with Gasteiger partial charge in [-0.15, -0.1) is 0 Å². The first-order valence-electron chi connectivity index (χ1n) is 4.38. The Morgan fingerprint density at radius 3 is 1.94 bits per heavy atom. The van der Waals surface area contributed by atoms with E-state index in [4.69, 9.17) is 0 Å². The van der Waals surface area contributed by atoms with Crippen LogP contribution in [0, 0.1) is 0 Å². The fourth-order valence-corrected chi connectivity index (χ4v) is 0.911. The Labute approximate surface area is 91.5 Å². The van der Waals surface area contributed by atoms with Crippen LogP contribution in [0.3, 0.4) is 0 Å². The molecule has 0 spiro atoms. The molecule has 0 fully saturated rings. The van der Waals surface area contributed by atoms with Gasteiger partial charge in [0.25, 0.3) is 11.8 Å². The Morgan fingerprint density at radius 1 is 1.00 bits per heavy atom. The summed E-state index contributed by atoms with van der Waals surface area (Å²) in [6.07, 6.45) is 3.85. The quantitative estimate of drug-likeness (QED) is 0.429. The van der Waals surface area contributed by atoms with Crippen molar-refractivity contribution < 1.29 is 14.4 Å². The van der Waals surface area contributed by atoms with Crippen molar-refractivity contribution in [1.29, 1.82) is 0 Å². The molecular weight excluding hydrogens is 208 g/mol. The van der Waals surface area contributed by atoms with Crippen LogP contribution in [0.4, 0.5) is 5.69 Å². The number of carbonyl (C=O) groups is 2. The minimum atomic E-state index is -0.329. The molecule has 80 valence electrons. The molecule has 0 aliphatic carbocycles. The molecule has 0 radical (unpaired) electrons. The average molecular weight is 216 g/mol. The second kappa shape index (κ2) is 6.06. The van der Waals surface area contributed by atoms with Crippen molar-refractivity contribution >= 4 is 23.6 Å². The van der Waals surface area contributed by atoms with Crippen LogP contribution >= 0.6 is 0 Å². The zero-order valence-corrected chi connectivity index (χ0v) is 8.21. The van der Waals surface area contributed by atoms with Gasteiger partial charge in [0.15, 0.2) is 0 Å². The number of nitrogens with one attached hydrogen (secondary N) is 1. The largest absolute Gasteiger partial charge is 0.289 e. The minimum absolute atomic E-state index is 0.329. The average Bonchev–Trinajstić information content (AvgIpc) is 2.65. The summed E-state index contributed by atoms with van der Waals surface area (Å²) in [5.74, 6) is -0.657. The van der Waals surface area contributed by atoms with Crippen LogP contribution in [0.1, 0.15) is 0 Å². The summed E-state index contributed by atoms with van der Waals surface area (Å²) in [5.41, 5.74) is 0.646. The molecule has 1 aromatic carbocycles. The summed E-state index contributed by atoms with van der Waals surface area (Å²) in [5, 5.41) is 2.03. The summed E-state index contributed by atoms with van der Waals surface area (Å²) >= 11 is 0. The molecule has 0 saturated heterocycles. The van der Waals surface area contributed by atoms with Crippen LogP contribution in [-0.4, -0.2) is 17.9 Å². The van der Waals surface area contributed by atoms with Gasteiger partial charge in [0.1, 0.15) is 0 Å². The first-order valence-corrected chi connectivity index (χ1v) is 4.38. The van der Waals surface area contributed by atoms with Gasteiger partial charge < -0.3 is 0 Å². The standard InChI is InChI=1S/C7H5NO.C4H3NO2/c9-6-8-7-4-2-1-3-5-7;6-3-1-2-4(7)5-3/h1-5H;1-2H,(H,5,6,7). The van der Waals surface area contributed by atoms with Gasteiger partial charge in [-0.1, -0.05) is 18.2 Å². The fraction of sp³-hybridized carbons (Fsp3) is 0. The predicted molar refractivity (Wildman–Crippen MR) is 56.5 cm³/mol. The van der Waals surface area contributed by atoms with Gasteiger partial charge in [-0.25, -0.2) is 4.79 Å². The molecule has 1 aliphatic heterocycles. The van der Waals surface area contributed by atoms with Gasteiger partial charge in [-0.3, -0.25) is 14.9 Å². The number of hydrogen-bond acceptors (Lipinski definition) is 4. The molecule has 0 saturated carbocycles. The molecule has 16 heavy (non-hydrogen) atoms. The Morgan fingerprint density at radius 2 is 1.56 bits per heavy atom. The Balaban J connectivity index is 0.000000165. The number of nitrogens with zero attached hydrogens (tertiary/aromatic N) is 1. The van der Waals surface area contributed by atoms with Crippen molar-refractivity contribution in [1.82, 2.24) is 5.32 Å². The Bertz CT molecular complexity index is 443. The summed E-state index contributed by atoms with van der Waals surface area (Å²) in [6, 6.07) is 8.98. The second-order valence-electron chi connectivity index (χ2n) is 2.73. The number of carbonyl (C=O) groups excluding carboxylic acids is 3. The Hall–Kier alpha value is -2.52. The van der Waals surface area contributed by atoms with E-state index in [0.717, 1.165) is 0 Å². The lowest BCUT2D eigenvalue weighted by Gasteiger charge is -1.83. The first kappa shape index (κ1) is 11.6. The van der Waals surface area contributed by atoms with Crippen molar-refractivity contribution in [3.05, 3.63) is 42.5 Å². The van der Waals surface area contributed by atoms with Crippen LogP contribution in [0.2, 0.25) is 0 Å².